The van der Waals surface area contributed by atoms with Gasteiger partial charge in [0.2, 0.25) is 5.95 Å². The molecule has 0 spiro atoms. The van der Waals surface area contributed by atoms with Gasteiger partial charge in [0.1, 0.15) is 0 Å². The van der Waals surface area contributed by atoms with Gasteiger partial charge < -0.3 is 4.57 Å². The maximum atomic E-state index is 8.85. The summed E-state index contributed by atoms with van der Waals surface area (Å²) in [4.78, 5) is 10.1. The van der Waals surface area contributed by atoms with Crippen LogP contribution < -0.4 is 0 Å². The van der Waals surface area contributed by atoms with Crippen molar-refractivity contribution in [2.75, 3.05) is 0 Å². The van der Waals surface area contributed by atoms with Gasteiger partial charge in [-0.2, -0.15) is 0 Å². The minimum atomic E-state index is -0.480. The van der Waals surface area contributed by atoms with Gasteiger partial charge in [0.05, 0.1) is 47.0 Å². The van der Waals surface area contributed by atoms with Crippen molar-refractivity contribution >= 4 is 65.3 Å². The first-order valence-corrected chi connectivity index (χ1v) is 16.9. The van der Waals surface area contributed by atoms with Gasteiger partial charge in [0.25, 0.3) is 0 Å². The monoisotopic (exact) mass is 672 g/mol. The molecule has 4 nitrogen and oxygen atoms in total. The fourth-order valence-corrected chi connectivity index (χ4v) is 7.66. The molecule has 0 N–H and O–H groups in total. The van der Waals surface area contributed by atoms with E-state index in [4.69, 9.17) is 23.7 Å². The minimum Gasteiger partial charge on any atom is -0.309 e. The van der Waals surface area contributed by atoms with Gasteiger partial charge in [-0.15, -0.1) is 0 Å². The van der Waals surface area contributed by atoms with E-state index in [0.717, 1.165) is 54.5 Å². The molecule has 0 amide bonds. The van der Waals surface area contributed by atoms with Crippen molar-refractivity contribution < 1.29 is 13.7 Å². The number of rotatable bonds is 4. The van der Waals surface area contributed by atoms with Gasteiger partial charge in [0, 0.05) is 38.2 Å². The van der Waals surface area contributed by atoms with Crippen molar-refractivity contribution in [3.8, 4) is 34.0 Å². The van der Waals surface area contributed by atoms with E-state index in [0.29, 0.717) is 21.9 Å². The molecule has 0 aliphatic carbocycles. The van der Waals surface area contributed by atoms with Crippen LogP contribution in [0.3, 0.4) is 0 Å². The molecule has 0 saturated carbocycles. The van der Waals surface area contributed by atoms with Crippen molar-refractivity contribution in [2.24, 2.45) is 0 Å². The molecule has 11 aromatic rings. The van der Waals surface area contributed by atoms with Crippen LogP contribution in [0, 0.1) is 0 Å². The Kier molecular flexibility index (Phi) is 4.45. The highest BCUT2D eigenvalue weighted by Crippen LogP contribution is 2.40. The highest BCUT2D eigenvalue weighted by molar-refractivity contribution is 6.22. The van der Waals surface area contributed by atoms with E-state index >= 15 is 0 Å². The second kappa shape index (κ2) is 11.2. The molecule has 0 aliphatic heterocycles. The van der Waals surface area contributed by atoms with E-state index < -0.39 is 36.3 Å². The molecule has 0 atom stereocenters. The van der Waals surface area contributed by atoms with Crippen LogP contribution in [0.4, 0.5) is 0 Å². The van der Waals surface area contributed by atoms with Gasteiger partial charge in [-0.05, 0) is 76.4 Å². The summed E-state index contributed by atoms with van der Waals surface area (Å²) in [5, 5.41) is 6.18. The Morgan fingerprint density at radius 3 is 1.85 bits per heavy atom. The number of para-hydroxylation sites is 3. The third-order valence-electron chi connectivity index (χ3n) is 9.90. The largest absolute Gasteiger partial charge is 0.309 e. The molecule has 3 aromatic heterocycles. The topological polar surface area (TPSA) is 35.6 Å². The van der Waals surface area contributed by atoms with E-state index in [1.165, 1.54) is 0 Å². The lowest BCUT2D eigenvalue weighted by Crippen LogP contribution is -2.03. The number of nitrogens with zero attached hydrogens (tertiary/aromatic N) is 4. The predicted molar refractivity (Wildman–Crippen MR) is 217 cm³/mol. The van der Waals surface area contributed by atoms with Crippen LogP contribution in [-0.2, 0) is 0 Å². The summed E-state index contributed by atoms with van der Waals surface area (Å²) >= 11 is 0. The number of fused-ring (bicyclic) bond motifs is 9. The van der Waals surface area contributed by atoms with E-state index in [9.17, 15) is 0 Å². The lowest BCUT2D eigenvalue weighted by Gasteiger charge is -2.12. The van der Waals surface area contributed by atoms with Crippen molar-refractivity contribution in [3.63, 3.8) is 0 Å². The standard InChI is InChI=1S/C48H30N4/c1-3-14-32(15-4-1)47-38-20-9-11-21-41(38)49-48(50-47)52-44-27-25-34(30-40(44)46-36-18-8-7-13-31(36)23-28-45(46)52)33-24-26-43-39(29-33)37-19-10-12-22-42(37)51(43)35-16-5-2-6-17-35/h1-30H/i1D,2D,3D,4D,5D,6D,14D,15D,16D,17D. The highest BCUT2D eigenvalue weighted by Gasteiger charge is 2.20. The Morgan fingerprint density at radius 2 is 1.04 bits per heavy atom. The summed E-state index contributed by atoms with van der Waals surface area (Å²) in [5.41, 5.74) is 5.67. The average molecular weight is 673 g/mol. The predicted octanol–water partition coefficient (Wildman–Crippen LogP) is 12.3. The highest BCUT2D eigenvalue weighted by atomic mass is 15.2. The zero-order chi connectivity index (χ0) is 42.9. The number of aromatic nitrogens is 4. The van der Waals surface area contributed by atoms with Crippen LogP contribution in [0.1, 0.15) is 13.7 Å². The zero-order valence-electron chi connectivity index (χ0n) is 37.3. The molecule has 4 heteroatoms. The summed E-state index contributed by atoms with van der Waals surface area (Å²) in [6.07, 6.45) is 0. The maximum absolute atomic E-state index is 8.85. The van der Waals surface area contributed by atoms with Crippen LogP contribution in [0.2, 0.25) is 0 Å². The third-order valence-corrected chi connectivity index (χ3v) is 9.90. The second-order valence-corrected chi connectivity index (χ2v) is 12.7. The molecule has 8 aromatic carbocycles. The molecule has 0 aliphatic rings. The summed E-state index contributed by atoms with van der Waals surface area (Å²) in [7, 11) is 0. The molecule has 11 rings (SSSR count). The van der Waals surface area contributed by atoms with Crippen LogP contribution in [0.15, 0.2) is 182 Å². The first-order chi connectivity index (χ1) is 29.9. The van der Waals surface area contributed by atoms with Crippen LogP contribution >= 0.6 is 0 Å². The number of benzene rings is 8. The fourth-order valence-electron chi connectivity index (χ4n) is 7.66. The molecule has 242 valence electrons. The molecule has 3 heterocycles. The van der Waals surface area contributed by atoms with E-state index in [2.05, 4.69) is 24.3 Å². The Balaban J connectivity index is 1.17. The first kappa shape index (κ1) is 20.6. The lowest BCUT2D eigenvalue weighted by molar-refractivity contribution is 1.01. The minimum absolute atomic E-state index is 0.00678. The number of hydrogen-bond donors (Lipinski definition) is 0. The van der Waals surface area contributed by atoms with Gasteiger partial charge >= 0.3 is 0 Å². The Morgan fingerprint density at radius 1 is 0.423 bits per heavy atom. The van der Waals surface area contributed by atoms with Gasteiger partial charge in [-0.1, -0.05) is 127 Å². The molecule has 0 fully saturated rings. The van der Waals surface area contributed by atoms with Crippen LogP contribution in [0.5, 0.6) is 0 Å². The summed E-state index contributed by atoms with van der Waals surface area (Å²) in [6.45, 7) is 0. The van der Waals surface area contributed by atoms with E-state index in [1.54, 1.807) is 10.6 Å². The van der Waals surface area contributed by atoms with Crippen LogP contribution in [-0.4, -0.2) is 19.1 Å². The van der Waals surface area contributed by atoms with Crippen LogP contribution in [0.25, 0.3) is 99.3 Å². The van der Waals surface area contributed by atoms with Gasteiger partial charge in [-0.25, -0.2) is 9.97 Å². The Hall–Kier alpha value is -7.04. The Labute approximate surface area is 313 Å². The van der Waals surface area contributed by atoms with Crippen molar-refractivity contribution in [2.45, 2.75) is 0 Å². The van der Waals surface area contributed by atoms with Crippen molar-refractivity contribution in [1.82, 2.24) is 19.1 Å². The summed E-state index contributed by atoms with van der Waals surface area (Å²) in [6, 6.07) is 35.4. The van der Waals surface area contributed by atoms with Crippen molar-refractivity contribution in [3.05, 3.63) is 182 Å². The lowest BCUT2D eigenvalue weighted by atomic mass is 9.99. The Bertz CT molecular complexity index is 3720. The first-order valence-electron chi connectivity index (χ1n) is 21.9. The summed E-state index contributed by atoms with van der Waals surface area (Å²) in [5.74, 6) is 0.274. The van der Waals surface area contributed by atoms with E-state index in [-0.39, 0.29) is 47.1 Å². The smallest absolute Gasteiger partial charge is 0.235 e. The quantitative estimate of drug-likeness (QED) is 0.187. The third kappa shape index (κ3) is 4.28. The second-order valence-electron chi connectivity index (χ2n) is 12.7. The zero-order valence-corrected chi connectivity index (χ0v) is 27.3. The van der Waals surface area contributed by atoms with Gasteiger partial charge in [0.15, 0.2) is 0 Å². The normalized spacial score (nSPS) is 14.5. The molecule has 0 bridgehead atoms. The van der Waals surface area contributed by atoms with Gasteiger partial charge in [-0.3, -0.25) is 4.57 Å². The SMILES string of the molecule is [2H]c1c([2H])c([2H])c(-c2nc(-n3c4ccc(-c5ccc6c(c5)c5ccccc5n6-c5c([2H])c([2H])c([2H])c([2H])c5[2H])cc4c4c5ccccc5ccc43)nc3ccccc23)c([2H])c1[2H]. The van der Waals surface area contributed by atoms with Crippen molar-refractivity contribution in [1.29, 1.82) is 0 Å². The molecule has 0 radical (unpaired) electrons. The summed E-state index contributed by atoms with van der Waals surface area (Å²) < 4.78 is 89.1. The fraction of sp³-hybridized carbons (Fsp3) is 0. The maximum Gasteiger partial charge on any atom is 0.235 e. The molecule has 0 unspecified atom stereocenters. The number of hydrogen-bond acceptors (Lipinski definition) is 2. The molecule has 0 saturated heterocycles. The van der Waals surface area contributed by atoms with E-state index in [1.807, 2.05) is 95.6 Å². The molecular formula is C48H30N4. The average Bonchev–Trinajstić information content (AvgIpc) is 3.81. The molecule has 52 heavy (non-hydrogen) atoms. The molecular weight excluding hydrogens is 633 g/mol.